The normalized spacial score (nSPS) is 10.3. The molecule has 2 aromatic rings. The van der Waals surface area contributed by atoms with Gasteiger partial charge in [-0.2, -0.15) is 0 Å². The van der Waals surface area contributed by atoms with Gasteiger partial charge in [0, 0.05) is 11.8 Å². The number of carbonyl (C=O) groups excluding carboxylic acids is 1. The fourth-order valence-electron chi connectivity index (χ4n) is 1.54. The zero-order valence-corrected chi connectivity index (χ0v) is 9.08. The van der Waals surface area contributed by atoms with E-state index in [0.717, 1.165) is 12.3 Å². The molecule has 0 aliphatic heterocycles. The Morgan fingerprint density at radius 2 is 1.94 bits per heavy atom. The van der Waals surface area contributed by atoms with Crippen LogP contribution in [0.4, 0.5) is 8.78 Å². The molecule has 0 saturated carbocycles. The summed E-state index contributed by atoms with van der Waals surface area (Å²) >= 11 is 0. The van der Waals surface area contributed by atoms with E-state index in [-0.39, 0.29) is 11.1 Å². The minimum absolute atomic E-state index is 0.103. The molecule has 0 amide bonds. The molecule has 0 radical (unpaired) electrons. The standard InChI is InChI=1S/C13H9F2NO/c1-8-2-3-9(14)6-11(8)13(17)10-4-5-16-7-12(10)15/h2-7H,1H3. The second-order valence-electron chi connectivity index (χ2n) is 3.64. The molecular formula is C13H9F2NO. The van der Waals surface area contributed by atoms with Crippen molar-refractivity contribution in [3.63, 3.8) is 0 Å². The van der Waals surface area contributed by atoms with Crippen molar-refractivity contribution in [1.82, 2.24) is 4.98 Å². The van der Waals surface area contributed by atoms with E-state index in [1.54, 1.807) is 6.92 Å². The number of pyridine rings is 1. The largest absolute Gasteiger partial charge is 0.288 e. The van der Waals surface area contributed by atoms with Crippen molar-refractivity contribution in [2.75, 3.05) is 0 Å². The van der Waals surface area contributed by atoms with Crippen LogP contribution in [-0.2, 0) is 0 Å². The zero-order chi connectivity index (χ0) is 12.4. The van der Waals surface area contributed by atoms with E-state index in [9.17, 15) is 13.6 Å². The molecule has 1 aromatic heterocycles. The lowest BCUT2D eigenvalue weighted by molar-refractivity contribution is 0.103. The van der Waals surface area contributed by atoms with E-state index in [1.807, 2.05) is 0 Å². The number of benzene rings is 1. The monoisotopic (exact) mass is 233 g/mol. The summed E-state index contributed by atoms with van der Waals surface area (Å²) < 4.78 is 26.4. The van der Waals surface area contributed by atoms with E-state index in [0.29, 0.717) is 5.56 Å². The number of rotatable bonds is 2. The van der Waals surface area contributed by atoms with Crippen LogP contribution in [-0.4, -0.2) is 10.8 Å². The summed E-state index contributed by atoms with van der Waals surface area (Å²) in [4.78, 5) is 15.6. The van der Waals surface area contributed by atoms with E-state index in [2.05, 4.69) is 4.98 Å². The summed E-state index contributed by atoms with van der Waals surface area (Å²) in [7, 11) is 0. The summed E-state index contributed by atoms with van der Waals surface area (Å²) in [6.45, 7) is 1.67. The summed E-state index contributed by atoms with van der Waals surface area (Å²) in [5.41, 5.74) is 0.663. The van der Waals surface area contributed by atoms with E-state index in [4.69, 9.17) is 0 Å². The highest BCUT2D eigenvalue weighted by Crippen LogP contribution is 2.17. The first-order chi connectivity index (χ1) is 8.09. The van der Waals surface area contributed by atoms with Crippen LogP contribution < -0.4 is 0 Å². The first-order valence-electron chi connectivity index (χ1n) is 5.00. The molecule has 0 saturated heterocycles. The Labute approximate surface area is 96.9 Å². The molecule has 0 unspecified atom stereocenters. The van der Waals surface area contributed by atoms with Crippen molar-refractivity contribution in [2.24, 2.45) is 0 Å². The quantitative estimate of drug-likeness (QED) is 0.746. The number of hydrogen-bond donors (Lipinski definition) is 0. The Morgan fingerprint density at radius 1 is 1.18 bits per heavy atom. The minimum Gasteiger partial charge on any atom is -0.288 e. The number of ketones is 1. The number of carbonyl (C=O) groups is 1. The summed E-state index contributed by atoms with van der Waals surface area (Å²) in [6.07, 6.45) is 2.28. The van der Waals surface area contributed by atoms with Crippen LogP contribution in [0.15, 0.2) is 36.7 Å². The maximum Gasteiger partial charge on any atom is 0.196 e. The van der Waals surface area contributed by atoms with Crippen molar-refractivity contribution < 1.29 is 13.6 Å². The Bertz CT molecular complexity index is 581. The molecule has 17 heavy (non-hydrogen) atoms. The highest BCUT2D eigenvalue weighted by Gasteiger charge is 2.16. The van der Waals surface area contributed by atoms with Crippen LogP contribution in [0.3, 0.4) is 0 Å². The summed E-state index contributed by atoms with van der Waals surface area (Å²) in [5.74, 6) is -1.77. The second kappa shape index (κ2) is 4.41. The van der Waals surface area contributed by atoms with Gasteiger partial charge in [-0.15, -0.1) is 0 Å². The van der Waals surface area contributed by atoms with Gasteiger partial charge in [0.1, 0.15) is 5.82 Å². The highest BCUT2D eigenvalue weighted by molar-refractivity contribution is 6.09. The Balaban J connectivity index is 2.51. The van der Waals surface area contributed by atoms with E-state index < -0.39 is 17.4 Å². The van der Waals surface area contributed by atoms with Gasteiger partial charge in [-0.3, -0.25) is 9.78 Å². The van der Waals surface area contributed by atoms with Gasteiger partial charge >= 0.3 is 0 Å². The van der Waals surface area contributed by atoms with Gasteiger partial charge in [0.2, 0.25) is 0 Å². The van der Waals surface area contributed by atoms with Gasteiger partial charge in [0.15, 0.2) is 11.6 Å². The van der Waals surface area contributed by atoms with Gasteiger partial charge < -0.3 is 0 Å². The van der Waals surface area contributed by atoms with Crippen molar-refractivity contribution in [2.45, 2.75) is 6.92 Å². The number of nitrogens with zero attached hydrogens (tertiary/aromatic N) is 1. The van der Waals surface area contributed by atoms with Crippen LogP contribution in [0.2, 0.25) is 0 Å². The van der Waals surface area contributed by atoms with Gasteiger partial charge in [-0.05, 0) is 30.7 Å². The lowest BCUT2D eigenvalue weighted by Gasteiger charge is -2.05. The number of aromatic nitrogens is 1. The predicted molar refractivity (Wildman–Crippen MR) is 58.8 cm³/mol. The van der Waals surface area contributed by atoms with Crippen LogP contribution in [0.25, 0.3) is 0 Å². The molecule has 0 N–H and O–H groups in total. The molecule has 0 atom stereocenters. The second-order valence-corrected chi connectivity index (χ2v) is 3.64. The SMILES string of the molecule is Cc1ccc(F)cc1C(=O)c1ccncc1F. The van der Waals surface area contributed by atoms with Gasteiger partial charge in [0.25, 0.3) is 0 Å². The zero-order valence-electron chi connectivity index (χ0n) is 9.08. The maximum atomic E-state index is 13.4. The Hall–Kier alpha value is -2.10. The van der Waals surface area contributed by atoms with Crippen molar-refractivity contribution in [1.29, 1.82) is 0 Å². The fourth-order valence-corrected chi connectivity index (χ4v) is 1.54. The maximum absolute atomic E-state index is 13.4. The van der Waals surface area contributed by atoms with E-state index >= 15 is 0 Å². The molecule has 1 heterocycles. The van der Waals surface area contributed by atoms with Crippen molar-refractivity contribution in [3.8, 4) is 0 Å². The molecule has 0 bridgehead atoms. The van der Waals surface area contributed by atoms with Gasteiger partial charge in [-0.1, -0.05) is 6.07 Å². The van der Waals surface area contributed by atoms with Crippen LogP contribution >= 0.6 is 0 Å². The molecule has 0 aliphatic carbocycles. The first-order valence-corrected chi connectivity index (χ1v) is 5.00. The third-order valence-corrected chi connectivity index (χ3v) is 2.46. The average molecular weight is 233 g/mol. The first kappa shape index (κ1) is 11.4. The van der Waals surface area contributed by atoms with E-state index in [1.165, 1.54) is 24.4 Å². The molecule has 1 aromatic carbocycles. The molecule has 2 rings (SSSR count). The smallest absolute Gasteiger partial charge is 0.196 e. The molecule has 86 valence electrons. The Morgan fingerprint density at radius 3 is 2.65 bits per heavy atom. The van der Waals surface area contributed by atoms with Crippen LogP contribution in [0.5, 0.6) is 0 Å². The molecule has 0 spiro atoms. The molecule has 0 aliphatic rings. The molecule has 0 fully saturated rings. The topological polar surface area (TPSA) is 30.0 Å². The average Bonchev–Trinajstić information content (AvgIpc) is 2.32. The summed E-state index contributed by atoms with van der Waals surface area (Å²) in [5, 5.41) is 0. The van der Waals surface area contributed by atoms with Gasteiger partial charge in [-0.25, -0.2) is 8.78 Å². The van der Waals surface area contributed by atoms with Crippen molar-refractivity contribution >= 4 is 5.78 Å². The molecule has 2 nitrogen and oxygen atoms in total. The Kier molecular flexibility index (Phi) is 2.95. The van der Waals surface area contributed by atoms with Crippen molar-refractivity contribution in [3.05, 3.63) is 65.0 Å². The number of aryl methyl sites for hydroxylation is 1. The predicted octanol–water partition coefficient (Wildman–Crippen LogP) is 2.90. The lowest BCUT2D eigenvalue weighted by atomic mass is 9.99. The molecule has 4 heteroatoms. The highest BCUT2D eigenvalue weighted by atomic mass is 19.1. The minimum atomic E-state index is -0.707. The number of halogens is 2. The number of hydrogen-bond acceptors (Lipinski definition) is 2. The molecular weight excluding hydrogens is 224 g/mol. The lowest BCUT2D eigenvalue weighted by Crippen LogP contribution is -2.07. The third-order valence-electron chi connectivity index (χ3n) is 2.46. The van der Waals surface area contributed by atoms with Gasteiger partial charge in [0.05, 0.1) is 11.8 Å². The fraction of sp³-hybridized carbons (Fsp3) is 0.0769. The summed E-state index contributed by atoms with van der Waals surface area (Å²) in [6, 6.07) is 5.14. The third kappa shape index (κ3) is 2.20. The van der Waals surface area contributed by atoms with Crippen LogP contribution in [0, 0.1) is 18.6 Å². The van der Waals surface area contributed by atoms with Crippen LogP contribution in [0.1, 0.15) is 21.5 Å².